The molecule has 1 amide bonds. The van der Waals surface area contributed by atoms with Crippen molar-refractivity contribution in [2.45, 2.75) is 18.7 Å². The average molecular weight is 388 g/mol. The molecular weight excluding hydrogens is 373 g/mol. The molecule has 0 heterocycles. The molecule has 0 aliphatic heterocycles. The molecule has 2 N–H and O–H groups in total. The second-order valence-corrected chi connectivity index (χ2v) is 7.01. The van der Waals surface area contributed by atoms with Gasteiger partial charge in [-0.15, -0.1) is 4.83 Å². The molecule has 0 saturated carbocycles. The van der Waals surface area contributed by atoms with Crippen molar-refractivity contribution in [1.82, 2.24) is 10.3 Å². The summed E-state index contributed by atoms with van der Waals surface area (Å²) in [7, 11) is -4.64. The number of hydrogen-bond donors (Lipinski definition) is 2. The number of carbonyl (C=O) groups is 1. The van der Waals surface area contributed by atoms with Gasteiger partial charge in [0.25, 0.3) is 15.9 Å². The number of ether oxygens (including phenoxy) is 1. The molecular formula is C16H15F3N2O4S. The van der Waals surface area contributed by atoms with Gasteiger partial charge in [0, 0.05) is 0 Å². The van der Waals surface area contributed by atoms with Gasteiger partial charge in [-0.25, -0.2) is 21.6 Å². The van der Waals surface area contributed by atoms with Crippen LogP contribution in [0.5, 0.6) is 5.75 Å². The molecule has 0 unspecified atom stereocenters. The maximum Gasteiger partial charge on any atom is 0.272 e. The fourth-order valence-corrected chi connectivity index (χ4v) is 2.81. The summed E-state index contributed by atoms with van der Waals surface area (Å²) < 4.78 is 68.5. The van der Waals surface area contributed by atoms with Crippen LogP contribution >= 0.6 is 0 Å². The quantitative estimate of drug-likeness (QED) is 0.586. The lowest BCUT2D eigenvalue weighted by Crippen LogP contribution is -2.44. The van der Waals surface area contributed by atoms with Gasteiger partial charge in [-0.1, -0.05) is 6.07 Å². The topological polar surface area (TPSA) is 84.5 Å². The molecule has 6 nitrogen and oxygen atoms in total. The van der Waals surface area contributed by atoms with Crippen molar-refractivity contribution in [3.8, 4) is 5.75 Å². The minimum Gasteiger partial charge on any atom is -0.484 e. The highest BCUT2D eigenvalue weighted by atomic mass is 32.2. The normalized spacial score (nSPS) is 11.3. The van der Waals surface area contributed by atoms with Gasteiger partial charge >= 0.3 is 0 Å². The van der Waals surface area contributed by atoms with Gasteiger partial charge in [0.2, 0.25) is 0 Å². The van der Waals surface area contributed by atoms with E-state index in [1.807, 2.05) is 13.8 Å². The Kier molecular flexibility index (Phi) is 5.88. The SMILES string of the molecule is Cc1ccc(OCC(=O)NNS(=O)(=O)c2ccc(F)c(F)c2F)cc1C. The van der Waals surface area contributed by atoms with E-state index < -0.39 is 44.9 Å². The van der Waals surface area contributed by atoms with E-state index in [-0.39, 0.29) is 0 Å². The third-order valence-corrected chi connectivity index (χ3v) is 4.73. The predicted octanol–water partition coefficient (Wildman–Crippen LogP) is 2.11. The summed E-state index contributed by atoms with van der Waals surface area (Å²) in [5.74, 6) is -5.84. The first-order valence-corrected chi connectivity index (χ1v) is 8.74. The molecule has 0 aromatic heterocycles. The smallest absolute Gasteiger partial charge is 0.272 e. The number of nitrogens with one attached hydrogen (secondary N) is 2. The number of aryl methyl sites for hydroxylation is 2. The van der Waals surface area contributed by atoms with E-state index in [0.29, 0.717) is 17.9 Å². The average Bonchev–Trinajstić information content (AvgIpc) is 2.59. The van der Waals surface area contributed by atoms with Crippen LogP contribution in [-0.2, 0) is 14.8 Å². The highest BCUT2D eigenvalue weighted by Crippen LogP contribution is 2.19. The van der Waals surface area contributed by atoms with Gasteiger partial charge < -0.3 is 4.74 Å². The largest absolute Gasteiger partial charge is 0.484 e. The predicted molar refractivity (Wildman–Crippen MR) is 86.2 cm³/mol. The lowest BCUT2D eigenvalue weighted by Gasteiger charge is -2.11. The Hall–Kier alpha value is -2.59. The maximum atomic E-state index is 13.6. The molecule has 0 fully saturated rings. The first-order valence-electron chi connectivity index (χ1n) is 7.26. The van der Waals surface area contributed by atoms with E-state index in [4.69, 9.17) is 4.74 Å². The molecule has 0 bridgehead atoms. The molecule has 2 aromatic rings. The number of hydrogen-bond acceptors (Lipinski definition) is 4. The van der Waals surface area contributed by atoms with Gasteiger partial charge in [0.05, 0.1) is 0 Å². The molecule has 0 atom stereocenters. The van der Waals surface area contributed by atoms with Gasteiger partial charge in [0.15, 0.2) is 24.1 Å². The van der Waals surface area contributed by atoms with Crippen molar-refractivity contribution in [1.29, 1.82) is 0 Å². The standard InChI is InChI=1S/C16H15F3N2O4S/c1-9-3-4-11(7-10(9)2)25-8-14(22)20-21-26(23,24)13-6-5-12(17)15(18)16(13)19/h3-7,21H,8H2,1-2H3,(H,20,22). The maximum absolute atomic E-state index is 13.6. The van der Waals surface area contributed by atoms with E-state index >= 15 is 0 Å². The van der Waals surface area contributed by atoms with Crippen molar-refractivity contribution in [3.63, 3.8) is 0 Å². The summed E-state index contributed by atoms with van der Waals surface area (Å²) in [6, 6.07) is 6.11. The van der Waals surface area contributed by atoms with Crippen molar-refractivity contribution in [3.05, 3.63) is 58.9 Å². The third kappa shape index (κ3) is 4.52. The molecule has 2 aromatic carbocycles. The summed E-state index contributed by atoms with van der Waals surface area (Å²) in [6.07, 6.45) is 0. The first-order chi connectivity index (χ1) is 12.1. The van der Waals surface area contributed by atoms with E-state index in [1.165, 1.54) is 0 Å². The van der Waals surface area contributed by atoms with E-state index in [9.17, 15) is 26.4 Å². The fraction of sp³-hybridized carbons (Fsp3) is 0.188. The van der Waals surface area contributed by atoms with E-state index in [1.54, 1.807) is 28.5 Å². The summed E-state index contributed by atoms with van der Waals surface area (Å²) in [5, 5.41) is 0. The van der Waals surface area contributed by atoms with Gasteiger partial charge in [-0.05, 0) is 49.2 Å². The molecule has 0 aliphatic rings. The summed E-state index contributed by atoms with van der Waals surface area (Å²) in [4.78, 5) is 12.1. The summed E-state index contributed by atoms with van der Waals surface area (Å²) in [6.45, 7) is 3.23. The highest BCUT2D eigenvalue weighted by Gasteiger charge is 2.24. The van der Waals surface area contributed by atoms with Crippen molar-refractivity contribution in [2.75, 3.05) is 6.61 Å². The zero-order valence-electron chi connectivity index (χ0n) is 13.8. The number of halogens is 3. The van der Waals surface area contributed by atoms with Crippen LogP contribution < -0.4 is 15.0 Å². The number of hydrazine groups is 1. The minimum atomic E-state index is -4.64. The zero-order chi connectivity index (χ0) is 19.5. The number of benzene rings is 2. The lowest BCUT2D eigenvalue weighted by molar-refractivity contribution is -0.123. The molecule has 0 radical (unpaired) electrons. The van der Waals surface area contributed by atoms with Crippen LogP contribution in [0.3, 0.4) is 0 Å². The first kappa shape index (κ1) is 19.7. The highest BCUT2D eigenvalue weighted by molar-refractivity contribution is 7.89. The van der Waals surface area contributed by atoms with Crippen LogP contribution in [0.1, 0.15) is 11.1 Å². The van der Waals surface area contributed by atoms with Crippen LogP contribution in [-0.4, -0.2) is 20.9 Å². The summed E-state index contributed by atoms with van der Waals surface area (Å²) >= 11 is 0. The molecule has 140 valence electrons. The Morgan fingerprint density at radius 3 is 2.38 bits per heavy atom. The van der Waals surface area contributed by atoms with E-state index in [0.717, 1.165) is 11.1 Å². The Morgan fingerprint density at radius 1 is 1.04 bits per heavy atom. The number of carbonyl (C=O) groups excluding carboxylic acids is 1. The molecule has 0 saturated heterocycles. The Balaban J connectivity index is 1.97. The Morgan fingerprint density at radius 2 is 1.73 bits per heavy atom. The Bertz CT molecular complexity index is 949. The van der Waals surface area contributed by atoms with Gasteiger partial charge in [-0.3, -0.25) is 10.2 Å². The second-order valence-electron chi connectivity index (χ2n) is 5.36. The molecule has 0 aliphatic carbocycles. The zero-order valence-corrected chi connectivity index (χ0v) is 14.6. The molecule has 0 spiro atoms. The van der Waals surface area contributed by atoms with Gasteiger partial charge in [-0.2, -0.15) is 0 Å². The Labute approximate surface area is 148 Å². The molecule has 2 rings (SSSR count). The van der Waals surface area contributed by atoms with E-state index in [2.05, 4.69) is 0 Å². The van der Waals surface area contributed by atoms with Crippen LogP contribution in [0.4, 0.5) is 13.2 Å². The summed E-state index contributed by atoms with van der Waals surface area (Å²) in [5.41, 5.74) is 3.77. The van der Waals surface area contributed by atoms with Crippen molar-refractivity contribution >= 4 is 15.9 Å². The molecule has 10 heteroatoms. The molecule has 26 heavy (non-hydrogen) atoms. The van der Waals surface area contributed by atoms with Crippen molar-refractivity contribution < 1.29 is 31.1 Å². The van der Waals surface area contributed by atoms with Crippen LogP contribution in [0.25, 0.3) is 0 Å². The fourth-order valence-electron chi connectivity index (χ4n) is 1.88. The van der Waals surface area contributed by atoms with Crippen LogP contribution in [0.2, 0.25) is 0 Å². The minimum absolute atomic E-state index is 0.401. The van der Waals surface area contributed by atoms with Crippen LogP contribution in [0, 0.1) is 31.3 Å². The second kappa shape index (κ2) is 7.75. The number of amides is 1. The number of sulfonamides is 1. The lowest BCUT2D eigenvalue weighted by atomic mass is 10.1. The van der Waals surface area contributed by atoms with Crippen molar-refractivity contribution in [2.24, 2.45) is 0 Å². The monoisotopic (exact) mass is 388 g/mol. The van der Waals surface area contributed by atoms with Crippen LogP contribution in [0.15, 0.2) is 35.2 Å². The van der Waals surface area contributed by atoms with Gasteiger partial charge in [0.1, 0.15) is 10.6 Å². The third-order valence-electron chi connectivity index (χ3n) is 3.46. The number of rotatable bonds is 6.